The van der Waals surface area contributed by atoms with Gasteiger partial charge in [-0.2, -0.15) is 11.8 Å². The molecule has 0 aliphatic rings. The highest BCUT2D eigenvalue weighted by Crippen LogP contribution is 2.22. The number of thioether (sulfide) groups is 1. The molecule has 1 N–H and O–H groups in total. The highest BCUT2D eigenvalue weighted by molar-refractivity contribution is 7.98. The van der Waals surface area contributed by atoms with E-state index in [9.17, 15) is 5.11 Å². The maximum atomic E-state index is 9.63. The van der Waals surface area contributed by atoms with Gasteiger partial charge >= 0.3 is 0 Å². The largest absolute Gasteiger partial charge is 0.393 e. The van der Waals surface area contributed by atoms with Gasteiger partial charge in [0.2, 0.25) is 0 Å². The number of rotatable bonds is 6. The molecule has 0 spiro atoms. The Balaban J connectivity index is 3.35. The van der Waals surface area contributed by atoms with E-state index < -0.39 is 0 Å². The minimum Gasteiger partial charge on any atom is -0.393 e. The molecule has 0 amide bonds. The lowest BCUT2D eigenvalue weighted by Crippen LogP contribution is -2.13. The average molecular weight is 204 g/mol. The Morgan fingerprint density at radius 1 is 1.23 bits per heavy atom. The summed E-state index contributed by atoms with van der Waals surface area (Å²) >= 11 is 1.86. The number of hydrogen-bond acceptors (Lipinski definition) is 2. The van der Waals surface area contributed by atoms with Crippen LogP contribution in [0.2, 0.25) is 0 Å². The number of hydrogen-bond donors (Lipinski definition) is 1. The summed E-state index contributed by atoms with van der Waals surface area (Å²) in [5.41, 5.74) is 0.362. The molecule has 0 aromatic heterocycles. The predicted octanol–water partition coefficient (Wildman–Crippen LogP) is 3.32. The summed E-state index contributed by atoms with van der Waals surface area (Å²) in [4.78, 5) is 0. The van der Waals surface area contributed by atoms with Crippen molar-refractivity contribution in [2.24, 2.45) is 5.41 Å². The van der Waals surface area contributed by atoms with Crippen molar-refractivity contribution in [1.29, 1.82) is 0 Å². The van der Waals surface area contributed by atoms with Crippen LogP contribution in [0, 0.1) is 5.41 Å². The molecule has 13 heavy (non-hydrogen) atoms. The van der Waals surface area contributed by atoms with E-state index in [2.05, 4.69) is 27.0 Å². The van der Waals surface area contributed by atoms with Crippen molar-refractivity contribution in [3.8, 4) is 0 Å². The Morgan fingerprint density at radius 3 is 2.31 bits per heavy atom. The van der Waals surface area contributed by atoms with E-state index >= 15 is 0 Å². The van der Waals surface area contributed by atoms with Gasteiger partial charge in [-0.05, 0) is 43.1 Å². The smallest absolute Gasteiger partial charge is 0.0540 e. The summed E-state index contributed by atoms with van der Waals surface area (Å²) < 4.78 is 0. The first-order chi connectivity index (χ1) is 5.95. The summed E-state index contributed by atoms with van der Waals surface area (Å²) in [6.07, 6.45) is 6.22. The normalized spacial score (nSPS) is 14.5. The molecule has 2 heteroatoms. The molecule has 0 radical (unpaired) electrons. The van der Waals surface area contributed by atoms with Crippen molar-refractivity contribution in [1.82, 2.24) is 0 Å². The Hall–Kier alpha value is 0.310. The van der Waals surface area contributed by atoms with Crippen LogP contribution in [0.1, 0.15) is 46.5 Å². The maximum Gasteiger partial charge on any atom is 0.0540 e. The molecule has 0 aliphatic carbocycles. The van der Waals surface area contributed by atoms with Crippen molar-refractivity contribution in [3.63, 3.8) is 0 Å². The van der Waals surface area contributed by atoms with Crippen LogP contribution in [0.15, 0.2) is 0 Å². The van der Waals surface area contributed by atoms with E-state index in [0.717, 1.165) is 25.7 Å². The average Bonchev–Trinajstić information content (AvgIpc) is 2.00. The molecule has 1 atom stereocenters. The van der Waals surface area contributed by atoms with Gasteiger partial charge < -0.3 is 5.11 Å². The van der Waals surface area contributed by atoms with Gasteiger partial charge in [0, 0.05) is 0 Å². The van der Waals surface area contributed by atoms with Gasteiger partial charge in [-0.1, -0.05) is 20.8 Å². The van der Waals surface area contributed by atoms with Crippen LogP contribution < -0.4 is 0 Å². The highest BCUT2D eigenvalue weighted by atomic mass is 32.2. The first kappa shape index (κ1) is 13.3. The van der Waals surface area contributed by atoms with E-state index in [1.165, 1.54) is 5.75 Å². The lowest BCUT2D eigenvalue weighted by atomic mass is 9.88. The van der Waals surface area contributed by atoms with E-state index in [1.807, 2.05) is 11.8 Å². The Bertz CT molecular complexity index is 118. The van der Waals surface area contributed by atoms with Crippen LogP contribution in [0.25, 0.3) is 0 Å². The van der Waals surface area contributed by atoms with Gasteiger partial charge in [-0.3, -0.25) is 0 Å². The van der Waals surface area contributed by atoms with Crippen LogP contribution in [-0.2, 0) is 0 Å². The van der Waals surface area contributed by atoms with Gasteiger partial charge in [0.05, 0.1) is 6.10 Å². The van der Waals surface area contributed by atoms with Gasteiger partial charge in [-0.25, -0.2) is 0 Å². The van der Waals surface area contributed by atoms with Crippen LogP contribution in [0.3, 0.4) is 0 Å². The van der Waals surface area contributed by atoms with Gasteiger partial charge in [0.15, 0.2) is 0 Å². The van der Waals surface area contributed by atoms with Gasteiger partial charge in [-0.15, -0.1) is 0 Å². The molecule has 1 unspecified atom stereocenters. The van der Waals surface area contributed by atoms with Gasteiger partial charge in [0.1, 0.15) is 0 Å². The van der Waals surface area contributed by atoms with E-state index in [1.54, 1.807) is 0 Å². The zero-order valence-corrected chi connectivity index (χ0v) is 10.3. The molecule has 0 aliphatic heterocycles. The molecule has 80 valence electrons. The highest BCUT2D eigenvalue weighted by Gasteiger charge is 2.12. The van der Waals surface area contributed by atoms with Crippen LogP contribution >= 0.6 is 11.8 Å². The number of aliphatic hydroxyl groups is 1. The summed E-state index contributed by atoms with van der Waals surface area (Å²) in [5, 5.41) is 9.63. The quantitative estimate of drug-likeness (QED) is 0.670. The molecule has 0 heterocycles. The third-order valence-electron chi connectivity index (χ3n) is 2.11. The zero-order chi connectivity index (χ0) is 10.3. The fourth-order valence-corrected chi connectivity index (χ4v) is 1.66. The summed E-state index contributed by atoms with van der Waals surface area (Å²) in [7, 11) is 0. The molecule has 0 saturated heterocycles. The third kappa shape index (κ3) is 10.2. The van der Waals surface area contributed by atoms with E-state index in [4.69, 9.17) is 0 Å². The van der Waals surface area contributed by atoms with Gasteiger partial charge in [0.25, 0.3) is 0 Å². The second kappa shape index (κ2) is 6.72. The minimum absolute atomic E-state index is 0.0774. The Kier molecular flexibility index (Phi) is 6.88. The molecular weight excluding hydrogens is 180 g/mol. The van der Waals surface area contributed by atoms with Crippen LogP contribution in [0.4, 0.5) is 0 Å². The molecule has 0 fully saturated rings. The Morgan fingerprint density at radius 2 is 1.85 bits per heavy atom. The number of aliphatic hydroxyl groups excluding tert-OH is 1. The van der Waals surface area contributed by atoms with Crippen molar-refractivity contribution in [2.45, 2.75) is 52.6 Å². The first-order valence-corrected chi connectivity index (χ1v) is 6.52. The van der Waals surface area contributed by atoms with Crippen molar-refractivity contribution < 1.29 is 5.11 Å². The molecule has 0 aromatic carbocycles. The predicted molar refractivity (Wildman–Crippen MR) is 62.3 cm³/mol. The fraction of sp³-hybridized carbons (Fsp3) is 1.00. The monoisotopic (exact) mass is 204 g/mol. The first-order valence-electron chi connectivity index (χ1n) is 5.13. The van der Waals surface area contributed by atoms with Crippen LogP contribution in [0.5, 0.6) is 0 Å². The molecule has 0 rings (SSSR count). The second-order valence-corrected chi connectivity index (χ2v) is 5.87. The summed E-state index contributed by atoms with van der Waals surface area (Å²) in [5.74, 6) is 1.17. The maximum absolute atomic E-state index is 9.63. The van der Waals surface area contributed by atoms with Crippen molar-refractivity contribution in [2.75, 3.05) is 12.0 Å². The van der Waals surface area contributed by atoms with Crippen LogP contribution in [-0.4, -0.2) is 23.2 Å². The summed E-state index contributed by atoms with van der Waals surface area (Å²) in [6, 6.07) is 0. The Labute approximate surface area is 87.3 Å². The van der Waals surface area contributed by atoms with E-state index in [0.29, 0.717) is 5.41 Å². The molecular formula is C11H24OS. The van der Waals surface area contributed by atoms with Crippen molar-refractivity contribution in [3.05, 3.63) is 0 Å². The fourth-order valence-electron chi connectivity index (χ4n) is 1.21. The van der Waals surface area contributed by atoms with Crippen molar-refractivity contribution >= 4 is 11.8 Å². The molecule has 0 aromatic rings. The molecule has 1 nitrogen and oxygen atoms in total. The SMILES string of the molecule is CSCCCC(O)CCC(C)(C)C. The molecule has 0 bridgehead atoms. The van der Waals surface area contributed by atoms with E-state index in [-0.39, 0.29) is 6.10 Å². The zero-order valence-electron chi connectivity index (χ0n) is 9.47. The minimum atomic E-state index is -0.0774. The second-order valence-electron chi connectivity index (χ2n) is 4.89. The lowest BCUT2D eigenvalue weighted by Gasteiger charge is -2.20. The third-order valence-corrected chi connectivity index (χ3v) is 2.81. The summed E-state index contributed by atoms with van der Waals surface area (Å²) in [6.45, 7) is 6.67. The standard InChI is InChI=1S/C11H24OS/c1-11(2,3)8-7-10(12)6-5-9-13-4/h10,12H,5-9H2,1-4H3. The topological polar surface area (TPSA) is 20.2 Å². The molecule has 0 saturated carbocycles. The lowest BCUT2D eigenvalue weighted by molar-refractivity contribution is 0.136.